The molecule has 0 spiro atoms. The van der Waals surface area contributed by atoms with Crippen molar-refractivity contribution in [3.63, 3.8) is 0 Å². The molecule has 0 amide bonds. The second-order valence-corrected chi connectivity index (χ2v) is 3.78. The fourth-order valence-corrected chi connectivity index (χ4v) is 1.20. The number of hydrogen-bond donors (Lipinski definition) is 0. The average molecular weight is 184 g/mol. The minimum atomic E-state index is -0.292. The first-order valence-corrected chi connectivity index (χ1v) is 4.46. The van der Waals surface area contributed by atoms with Crippen LogP contribution in [0.4, 0.5) is 0 Å². The van der Waals surface area contributed by atoms with Gasteiger partial charge in [0.25, 0.3) is 0 Å². The molecule has 1 aliphatic heterocycles. The van der Waals surface area contributed by atoms with Gasteiger partial charge in [0, 0.05) is 13.5 Å². The molecule has 0 N–H and O–H groups in total. The standard InChI is InChI=1S/C9H16N2O2/c1-5-13-8(12)7-6-9(2,3)11(4)10-7/h5-6H2,1-4H3. The van der Waals surface area contributed by atoms with Crippen molar-refractivity contribution in [1.29, 1.82) is 0 Å². The Bertz CT molecular complexity index is 246. The van der Waals surface area contributed by atoms with Crippen LogP contribution in [-0.4, -0.2) is 35.9 Å². The fraction of sp³-hybridized carbons (Fsp3) is 0.778. The molecule has 1 aliphatic rings. The quantitative estimate of drug-likeness (QED) is 0.602. The largest absolute Gasteiger partial charge is 0.461 e. The van der Waals surface area contributed by atoms with Gasteiger partial charge in [0.05, 0.1) is 12.1 Å². The van der Waals surface area contributed by atoms with Crippen LogP contribution in [0.5, 0.6) is 0 Å². The van der Waals surface area contributed by atoms with Gasteiger partial charge in [-0.25, -0.2) is 4.79 Å². The Balaban J connectivity index is 2.66. The second-order valence-electron chi connectivity index (χ2n) is 3.78. The minimum absolute atomic E-state index is 0.0674. The molecule has 0 fully saturated rings. The summed E-state index contributed by atoms with van der Waals surface area (Å²) in [5, 5.41) is 5.94. The molecule has 0 aliphatic carbocycles. The molecule has 0 aromatic rings. The average Bonchev–Trinajstić information content (AvgIpc) is 2.27. The first-order valence-electron chi connectivity index (χ1n) is 4.46. The van der Waals surface area contributed by atoms with Crippen molar-refractivity contribution in [1.82, 2.24) is 5.01 Å². The lowest BCUT2D eigenvalue weighted by molar-refractivity contribution is -0.135. The van der Waals surface area contributed by atoms with Gasteiger partial charge < -0.3 is 4.74 Å². The highest BCUT2D eigenvalue weighted by atomic mass is 16.5. The molecule has 0 unspecified atom stereocenters. The van der Waals surface area contributed by atoms with E-state index in [9.17, 15) is 4.79 Å². The normalized spacial score (nSPS) is 20.0. The van der Waals surface area contributed by atoms with Crippen LogP contribution in [0.1, 0.15) is 27.2 Å². The van der Waals surface area contributed by atoms with Gasteiger partial charge in [-0.3, -0.25) is 5.01 Å². The van der Waals surface area contributed by atoms with E-state index in [4.69, 9.17) is 4.74 Å². The zero-order valence-corrected chi connectivity index (χ0v) is 8.63. The van der Waals surface area contributed by atoms with Gasteiger partial charge in [-0.1, -0.05) is 0 Å². The lowest BCUT2D eigenvalue weighted by Crippen LogP contribution is -2.33. The van der Waals surface area contributed by atoms with Gasteiger partial charge in [0.2, 0.25) is 0 Å². The van der Waals surface area contributed by atoms with Crippen LogP contribution in [0.3, 0.4) is 0 Å². The number of hydrogen-bond acceptors (Lipinski definition) is 4. The highest BCUT2D eigenvalue weighted by Gasteiger charge is 2.34. The lowest BCUT2D eigenvalue weighted by atomic mass is 9.99. The maximum atomic E-state index is 11.3. The van der Waals surface area contributed by atoms with Gasteiger partial charge in [0.15, 0.2) is 0 Å². The van der Waals surface area contributed by atoms with Crippen LogP contribution in [0.25, 0.3) is 0 Å². The van der Waals surface area contributed by atoms with Crippen LogP contribution < -0.4 is 0 Å². The molecule has 0 saturated heterocycles. The number of nitrogens with zero attached hydrogens (tertiary/aromatic N) is 2. The predicted octanol–water partition coefficient (Wildman–Crippen LogP) is 1.02. The lowest BCUT2D eigenvalue weighted by Gasteiger charge is -2.25. The van der Waals surface area contributed by atoms with Crippen LogP contribution in [0, 0.1) is 0 Å². The highest BCUT2D eigenvalue weighted by molar-refractivity contribution is 6.37. The maximum absolute atomic E-state index is 11.3. The number of ether oxygens (including phenoxy) is 1. The van der Waals surface area contributed by atoms with Crippen molar-refractivity contribution in [2.45, 2.75) is 32.7 Å². The molecule has 0 aromatic heterocycles. The van der Waals surface area contributed by atoms with Crippen LogP contribution in [0.15, 0.2) is 5.10 Å². The van der Waals surface area contributed by atoms with E-state index < -0.39 is 0 Å². The third-order valence-electron chi connectivity index (χ3n) is 2.26. The molecule has 13 heavy (non-hydrogen) atoms. The molecule has 4 nitrogen and oxygen atoms in total. The molecular formula is C9H16N2O2. The highest BCUT2D eigenvalue weighted by Crippen LogP contribution is 2.24. The number of rotatable bonds is 2. The Morgan fingerprint density at radius 2 is 2.31 bits per heavy atom. The van der Waals surface area contributed by atoms with E-state index in [1.807, 2.05) is 20.9 Å². The number of carbonyl (C=O) groups excluding carboxylic acids is 1. The van der Waals surface area contributed by atoms with E-state index in [1.54, 1.807) is 11.9 Å². The Hall–Kier alpha value is -1.06. The van der Waals surface area contributed by atoms with E-state index >= 15 is 0 Å². The Morgan fingerprint density at radius 1 is 1.69 bits per heavy atom. The van der Waals surface area contributed by atoms with E-state index in [0.29, 0.717) is 18.7 Å². The van der Waals surface area contributed by atoms with Crippen molar-refractivity contribution in [3.05, 3.63) is 0 Å². The molecule has 0 radical (unpaired) electrons. The number of carbonyl (C=O) groups is 1. The molecule has 1 rings (SSSR count). The molecule has 1 heterocycles. The summed E-state index contributed by atoms with van der Waals surface area (Å²) in [5.41, 5.74) is 0.455. The van der Waals surface area contributed by atoms with Crippen LogP contribution in [-0.2, 0) is 9.53 Å². The third-order valence-corrected chi connectivity index (χ3v) is 2.26. The number of hydrazone groups is 1. The molecule has 0 atom stereocenters. The monoisotopic (exact) mass is 184 g/mol. The molecule has 0 bridgehead atoms. The van der Waals surface area contributed by atoms with Gasteiger partial charge >= 0.3 is 5.97 Å². The summed E-state index contributed by atoms with van der Waals surface area (Å²) >= 11 is 0. The summed E-state index contributed by atoms with van der Waals surface area (Å²) < 4.78 is 4.87. The Morgan fingerprint density at radius 3 is 2.69 bits per heavy atom. The predicted molar refractivity (Wildman–Crippen MR) is 50.5 cm³/mol. The van der Waals surface area contributed by atoms with Gasteiger partial charge in [-0.2, -0.15) is 5.10 Å². The first kappa shape index (κ1) is 10.0. The molecular weight excluding hydrogens is 168 g/mol. The van der Waals surface area contributed by atoms with E-state index in [-0.39, 0.29) is 11.5 Å². The summed E-state index contributed by atoms with van der Waals surface area (Å²) in [6.07, 6.45) is 0.655. The first-order chi connectivity index (χ1) is 5.97. The second kappa shape index (κ2) is 3.36. The van der Waals surface area contributed by atoms with E-state index in [2.05, 4.69) is 5.10 Å². The molecule has 0 saturated carbocycles. The zero-order chi connectivity index (χ0) is 10.1. The SMILES string of the molecule is CCOC(=O)C1=NN(C)C(C)(C)C1. The van der Waals surface area contributed by atoms with Crippen molar-refractivity contribution in [3.8, 4) is 0 Å². The summed E-state index contributed by atoms with van der Waals surface area (Å²) in [6.45, 7) is 6.29. The fourth-order valence-electron chi connectivity index (χ4n) is 1.20. The Kier molecular flexibility index (Phi) is 2.59. The summed E-state index contributed by atoms with van der Waals surface area (Å²) in [6, 6.07) is 0. The van der Waals surface area contributed by atoms with Crippen LogP contribution in [0.2, 0.25) is 0 Å². The minimum Gasteiger partial charge on any atom is -0.461 e. The van der Waals surface area contributed by atoms with Crippen molar-refractivity contribution in [2.75, 3.05) is 13.7 Å². The van der Waals surface area contributed by atoms with Crippen molar-refractivity contribution in [2.24, 2.45) is 5.10 Å². The van der Waals surface area contributed by atoms with Gasteiger partial charge in [-0.05, 0) is 20.8 Å². The third kappa shape index (κ3) is 1.99. The Labute approximate surface area is 78.6 Å². The van der Waals surface area contributed by atoms with Gasteiger partial charge in [0.1, 0.15) is 5.71 Å². The summed E-state index contributed by atoms with van der Waals surface area (Å²) in [5.74, 6) is -0.292. The van der Waals surface area contributed by atoms with Crippen molar-refractivity contribution >= 4 is 11.7 Å². The molecule has 0 aromatic carbocycles. The smallest absolute Gasteiger partial charge is 0.354 e. The zero-order valence-electron chi connectivity index (χ0n) is 8.63. The van der Waals surface area contributed by atoms with E-state index in [0.717, 1.165) is 0 Å². The summed E-state index contributed by atoms with van der Waals surface area (Å²) in [4.78, 5) is 11.3. The van der Waals surface area contributed by atoms with Crippen molar-refractivity contribution < 1.29 is 9.53 Å². The number of esters is 1. The molecule has 4 heteroatoms. The van der Waals surface area contributed by atoms with Crippen LogP contribution >= 0.6 is 0 Å². The molecule has 74 valence electrons. The van der Waals surface area contributed by atoms with E-state index in [1.165, 1.54) is 0 Å². The maximum Gasteiger partial charge on any atom is 0.354 e. The topological polar surface area (TPSA) is 41.9 Å². The summed E-state index contributed by atoms with van der Waals surface area (Å²) in [7, 11) is 1.87. The van der Waals surface area contributed by atoms with Gasteiger partial charge in [-0.15, -0.1) is 0 Å².